The van der Waals surface area contributed by atoms with E-state index in [0.29, 0.717) is 18.1 Å². The lowest BCUT2D eigenvalue weighted by Crippen LogP contribution is -2.49. The quantitative estimate of drug-likeness (QED) is 0.787. The Labute approximate surface area is 168 Å². The molecule has 2 aliphatic rings. The van der Waals surface area contributed by atoms with Crippen LogP contribution < -0.4 is 4.90 Å². The van der Waals surface area contributed by atoms with Crippen molar-refractivity contribution in [2.75, 3.05) is 26.0 Å². The van der Waals surface area contributed by atoms with Crippen LogP contribution in [0.3, 0.4) is 0 Å². The van der Waals surface area contributed by atoms with Crippen molar-refractivity contribution in [1.29, 1.82) is 0 Å². The third kappa shape index (κ3) is 3.79. The van der Waals surface area contributed by atoms with Crippen molar-refractivity contribution in [1.82, 2.24) is 9.80 Å². The molecule has 4 heteroatoms. The van der Waals surface area contributed by atoms with Gasteiger partial charge in [-0.3, -0.25) is 4.79 Å². The molecular formula is C24H31N3O. The van der Waals surface area contributed by atoms with Gasteiger partial charge in [-0.05, 0) is 62.6 Å². The summed E-state index contributed by atoms with van der Waals surface area (Å²) < 4.78 is 0. The Balaban J connectivity index is 1.60. The van der Waals surface area contributed by atoms with Gasteiger partial charge in [0, 0.05) is 50.0 Å². The van der Waals surface area contributed by atoms with E-state index in [2.05, 4.69) is 59.3 Å². The molecule has 0 spiro atoms. The zero-order valence-electron chi connectivity index (χ0n) is 17.2. The van der Waals surface area contributed by atoms with Gasteiger partial charge in [0.15, 0.2) is 0 Å². The Morgan fingerprint density at radius 3 is 2.14 bits per heavy atom. The molecule has 2 bridgehead atoms. The normalized spacial score (nSPS) is 24.2. The molecule has 1 amide bonds. The van der Waals surface area contributed by atoms with Gasteiger partial charge in [-0.15, -0.1) is 0 Å². The summed E-state index contributed by atoms with van der Waals surface area (Å²) in [6.07, 6.45) is 5.09. The lowest BCUT2D eigenvalue weighted by atomic mass is 9.95. The SMILES string of the molecule is CN(C)C(=O)c1ccc(N(Cc2ccccc2)C2CC3CCC(C2)N3C)cc1. The van der Waals surface area contributed by atoms with Crippen molar-refractivity contribution in [2.24, 2.45) is 0 Å². The topological polar surface area (TPSA) is 26.8 Å². The first-order chi connectivity index (χ1) is 13.5. The average Bonchev–Trinajstić information content (AvgIpc) is 2.92. The zero-order valence-corrected chi connectivity index (χ0v) is 17.2. The molecule has 2 fully saturated rings. The summed E-state index contributed by atoms with van der Waals surface area (Å²) in [4.78, 5) is 19.0. The van der Waals surface area contributed by atoms with Gasteiger partial charge in [0.25, 0.3) is 5.91 Å². The van der Waals surface area contributed by atoms with Crippen LogP contribution in [0.4, 0.5) is 5.69 Å². The first-order valence-corrected chi connectivity index (χ1v) is 10.4. The molecule has 0 N–H and O–H groups in total. The third-order valence-corrected chi connectivity index (χ3v) is 6.56. The van der Waals surface area contributed by atoms with Crippen molar-refractivity contribution >= 4 is 11.6 Å². The predicted molar refractivity (Wildman–Crippen MR) is 115 cm³/mol. The summed E-state index contributed by atoms with van der Waals surface area (Å²) in [6.45, 7) is 0.912. The van der Waals surface area contributed by atoms with E-state index in [1.807, 2.05) is 12.1 Å². The number of benzene rings is 2. The number of hydrogen-bond acceptors (Lipinski definition) is 3. The molecule has 0 aliphatic carbocycles. The van der Waals surface area contributed by atoms with Gasteiger partial charge in [0.05, 0.1) is 0 Å². The van der Waals surface area contributed by atoms with E-state index in [4.69, 9.17) is 0 Å². The van der Waals surface area contributed by atoms with Crippen molar-refractivity contribution in [3.05, 3.63) is 65.7 Å². The standard InChI is InChI=1S/C24H31N3O/c1-25(2)24(28)19-9-11-20(12-10-19)27(17-18-7-5-4-6-8-18)23-15-21-13-14-22(16-23)26(21)3/h4-12,21-23H,13-17H2,1-3H3. The summed E-state index contributed by atoms with van der Waals surface area (Å²) in [6, 6.07) is 20.9. The summed E-state index contributed by atoms with van der Waals surface area (Å²) in [5.41, 5.74) is 3.30. The predicted octanol–water partition coefficient (Wildman–Crippen LogP) is 4.02. The van der Waals surface area contributed by atoms with Crippen LogP contribution in [0, 0.1) is 0 Å². The number of piperidine rings is 1. The molecule has 4 rings (SSSR count). The number of fused-ring (bicyclic) bond motifs is 2. The summed E-state index contributed by atoms with van der Waals surface area (Å²) in [7, 11) is 5.89. The van der Waals surface area contributed by atoms with Gasteiger partial charge in [0.2, 0.25) is 0 Å². The minimum absolute atomic E-state index is 0.0542. The van der Waals surface area contributed by atoms with Crippen molar-refractivity contribution < 1.29 is 4.79 Å². The molecule has 28 heavy (non-hydrogen) atoms. The molecule has 0 saturated carbocycles. The molecular weight excluding hydrogens is 346 g/mol. The van der Waals surface area contributed by atoms with Crippen LogP contribution in [0.15, 0.2) is 54.6 Å². The molecule has 2 unspecified atom stereocenters. The number of carbonyl (C=O) groups is 1. The van der Waals surface area contributed by atoms with Crippen molar-refractivity contribution in [2.45, 2.75) is 50.4 Å². The maximum absolute atomic E-state index is 12.3. The molecule has 2 aromatic carbocycles. The summed E-state index contributed by atoms with van der Waals surface area (Å²) in [5.74, 6) is 0.0542. The van der Waals surface area contributed by atoms with Crippen LogP contribution in [0.5, 0.6) is 0 Å². The molecule has 2 heterocycles. The number of hydrogen-bond donors (Lipinski definition) is 0. The Bertz CT molecular complexity index is 788. The van der Waals surface area contributed by atoms with E-state index in [9.17, 15) is 4.79 Å². The second-order valence-corrected chi connectivity index (χ2v) is 8.54. The monoisotopic (exact) mass is 377 g/mol. The number of rotatable bonds is 5. The Morgan fingerprint density at radius 2 is 1.57 bits per heavy atom. The highest BCUT2D eigenvalue weighted by Crippen LogP contribution is 2.38. The fourth-order valence-electron chi connectivity index (χ4n) is 4.90. The van der Waals surface area contributed by atoms with Gasteiger partial charge < -0.3 is 14.7 Å². The molecule has 0 aromatic heterocycles. The molecule has 2 aliphatic heterocycles. The number of anilines is 1. The minimum atomic E-state index is 0.0542. The lowest BCUT2D eigenvalue weighted by Gasteiger charge is -2.43. The van der Waals surface area contributed by atoms with Crippen molar-refractivity contribution in [3.63, 3.8) is 0 Å². The van der Waals surface area contributed by atoms with E-state index >= 15 is 0 Å². The maximum atomic E-state index is 12.3. The van der Waals surface area contributed by atoms with Crippen LogP contribution in [0.25, 0.3) is 0 Å². The first-order valence-electron chi connectivity index (χ1n) is 10.4. The molecule has 0 radical (unpaired) electrons. The van der Waals surface area contributed by atoms with Gasteiger partial charge in [0.1, 0.15) is 0 Å². The average molecular weight is 378 g/mol. The Kier molecular flexibility index (Phi) is 5.40. The highest BCUT2D eigenvalue weighted by atomic mass is 16.2. The van der Waals surface area contributed by atoms with Crippen LogP contribution in [-0.2, 0) is 6.54 Å². The van der Waals surface area contributed by atoms with E-state index in [0.717, 1.165) is 12.1 Å². The first kappa shape index (κ1) is 19.0. The van der Waals surface area contributed by atoms with Crippen LogP contribution in [0.2, 0.25) is 0 Å². The van der Waals surface area contributed by atoms with E-state index < -0.39 is 0 Å². The van der Waals surface area contributed by atoms with E-state index in [1.165, 1.54) is 36.9 Å². The molecule has 2 aromatic rings. The van der Waals surface area contributed by atoms with Crippen LogP contribution in [0.1, 0.15) is 41.6 Å². The molecule has 2 atom stereocenters. The number of nitrogens with zero attached hydrogens (tertiary/aromatic N) is 3. The highest BCUT2D eigenvalue weighted by Gasteiger charge is 2.40. The zero-order chi connectivity index (χ0) is 19.7. The summed E-state index contributed by atoms with van der Waals surface area (Å²) >= 11 is 0. The number of amides is 1. The fourth-order valence-corrected chi connectivity index (χ4v) is 4.90. The third-order valence-electron chi connectivity index (χ3n) is 6.56. The smallest absolute Gasteiger partial charge is 0.253 e. The van der Waals surface area contributed by atoms with E-state index in [-0.39, 0.29) is 5.91 Å². The van der Waals surface area contributed by atoms with Crippen LogP contribution in [-0.4, -0.2) is 55.0 Å². The van der Waals surface area contributed by atoms with Crippen molar-refractivity contribution in [3.8, 4) is 0 Å². The number of carbonyl (C=O) groups excluding carboxylic acids is 1. The minimum Gasteiger partial charge on any atom is -0.364 e. The Morgan fingerprint density at radius 1 is 0.964 bits per heavy atom. The Hall–Kier alpha value is -2.33. The second kappa shape index (κ2) is 7.96. The largest absolute Gasteiger partial charge is 0.364 e. The highest BCUT2D eigenvalue weighted by molar-refractivity contribution is 5.94. The molecule has 148 valence electrons. The van der Waals surface area contributed by atoms with Crippen LogP contribution >= 0.6 is 0 Å². The molecule has 4 nitrogen and oxygen atoms in total. The maximum Gasteiger partial charge on any atom is 0.253 e. The summed E-state index contributed by atoms with van der Waals surface area (Å²) in [5, 5.41) is 0. The fraction of sp³-hybridized carbons (Fsp3) is 0.458. The lowest BCUT2D eigenvalue weighted by molar-refractivity contribution is 0.0827. The van der Waals surface area contributed by atoms with Gasteiger partial charge >= 0.3 is 0 Å². The van der Waals surface area contributed by atoms with E-state index in [1.54, 1.807) is 19.0 Å². The van der Waals surface area contributed by atoms with Gasteiger partial charge in [-0.1, -0.05) is 30.3 Å². The van der Waals surface area contributed by atoms with Gasteiger partial charge in [-0.25, -0.2) is 0 Å². The second-order valence-electron chi connectivity index (χ2n) is 8.54. The van der Waals surface area contributed by atoms with Gasteiger partial charge in [-0.2, -0.15) is 0 Å². The molecule has 2 saturated heterocycles.